The number of para-hydroxylation sites is 1. The molecule has 1 aliphatic heterocycles. The van der Waals surface area contributed by atoms with E-state index in [2.05, 4.69) is 0 Å². The molecule has 1 saturated heterocycles. The molecule has 5 nitrogen and oxygen atoms in total. The van der Waals surface area contributed by atoms with Gasteiger partial charge in [0.15, 0.2) is 0 Å². The second-order valence-electron chi connectivity index (χ2n) is 8.41. The zero-order chi connectivity index (χ0) is 23.7. The molecule has 1 aromatic heterocycles. The Morgan fingerprint density at radius 1 is 1.15 bits per heavy atom. The number of thioether (sulfide) groups is 1. The highest BCUT2D eigenvalue weighted by atomic mass is 35.5. The van der Waals surface area contributed by atoms with E-state index in [0.717, 1.165) is 48.2 Å². The van der Waals surface area contributed by atoms with Crippen molar-refractivity contribution < 1.29 is 9.53 Å². The Hall–Kier alpha value is -2.61. The fourth-order valence-electron chi connectivity index (χ4n) is 4.52. The average Bonchev–Trinajstić information content (AvgIpc) is 3.40. The highest BCUT2D eigenvalue weighted by Crippen LogP contribution is 2.39. The maximum Gasteiger partial charge on any atom is 0.266 e. The molecule has 5 rings (SSSR count). The Morgan fingerprint density at radius 2 is 1.91 bits per heavy atom. The molecule has 2 heterocycles. The first-order valence-electron chi connectivity index (χ1n) is 11.3. The minimum Gasteiger partial charge on any atom is -0.495 e. The first kappa shape index (κ1) is 23.1. The average molecular weight is 510 g/mol. The van der Waals surface area contributed by atoms with Crippen molar-refractivity contribution in [1.82, 2.24) is 14.7 Å². The van der Waals surface area contributed by atoms with Gasteiger partial charge in [0.1, 0.15) is 15.8 Å². The first-order chi connectivity index (χ1) is 16.5. The van der Waals surface area contributed by atoms with Gasteiger partial charge in [0.2, 0.25) is 0 Å². The van der Waals surface area contributed by atoms with Crippen molar-refractivity contribution >= 4 is 51.9 Å². The van der Waals surface area contributed by atoms with Gasteiger partial charge in [0.05, 0.1) is 22.7 Å². The van der Waals surface area contributed by atoms with Crippen LogP contribution in [0, 0.1) is 0 Å². The number of halogens is 1. The van der Waals surface area contributed by atoms with Gasteiger partial charge in [0.25, 0.3) is 5.91 Å². The summed E-state index contributed by atoms with van der Waals surface area (Å²) in [6, 6.07) is 15.7. The van der Waals surface area contributed by atoms with Gasteiger partial charge < -0.3 is 4.74 Å². The van der Waals surface area contributed by atoms with E-state index in [1.54, 1.807) is 7.11 Å². The minimum atomic E-state index is -0.00641. The van der Waals surface area contributed by atoms with Crippen LogP contribution < -0.4 is 4.74 Å². The number of benzene rings is 2. The number of nitrogens with zero attached hydrogens (tertiary/aromatic N) is 3. The molecule has 0 spiro atoms. The number of aromatic nitrogens is 2. The van der Waals surface area contributed by atoms with E-state index in [0.29, 0.717) is 20.0 Å². The Balaban J connectivity index is 1.55. The van der Waals surface area contributed by atoms with Gasteiger partial charge in [-0.1, -0.05) is 73.0 Å². The zero-order valence-corrected chi connectivity index (χ0v) is 21.1. The van der Waals surface area contributed by atoms with Gasteiger partial charge in [-0.05, 0) is 49.2 Å². The van der Waals surface area contributed by atoms with E-state index in [-0.39, 0.29) is 11.9 Å². The van der Waals surface area contributed by atoms with E-state index in [9.17, 15) is 4.79 Å². The summed E-state index contributed by atoms with van der Waals surface area (Å²) in [6.45, 7) is 0. The minimum absolute atomic E-state index is 0.00641. The predicted octanol–water partition coefficient (Wildman–Crippen LogP) is 6.74. The molecule has 0 N–H and O–H groups in total. The van der Waals surface area contributed by atoms with E-state index in [1.807, 2.05) is 70.4 Å². The summed E-state index contributed by atoms with van der Waals surface area (Å²) < 4.78 is 7.77. The number of ether oxygens (including phenoxy) is 1. The van der Waals surface area contributed by atoms with Crippen molar-refractivity contribution in [3.05, 3.63) is 70.2 Å². The number of thiocarbonyl (C=S) groups is 1. The molecule has 174 valence electrons. The maximum absolute atomic E-state index is 13.4. The van der Waals surface area contributed by atoms with Crippen molar-refractivity contribution in [2.75, 3.05) is 7.11 Å². The number of hydrogen-bond donors (Lipinski definition) is 0. The van der Waals surface area contributed by atoms with Crippen LogP contribution in [0.2, 0.25) is 5.02 Å². The lowest BCUT2D eigenvalue weighted by Crippen LogP contribution is -2.39. The third-order valence-electron chi connectivity index (χ3n) is 6.24. The molecule has 0 radical (unpaired) electrons. The van der Waals surface area contributed by atoms with E-state index < -0.39 is 0 Å². The molecule has 1 amide bonds. The van der Waals surface area contributed by atoms with Gasteiger partial charge in [0, 0.05) is 23.4 Å². The zero-order valence-electron chi connectivity index (χ0n) is 18.7. The number of methoxy groups -OCH3 is 1. The Labute approximate surface area is 213 Å². The number of amides is 1. The second-order valence-corrected chi connectivity index (χ2v) is 10.5. The largest absolute Gasteiger partial charge is 0.495 e. The van der Waals surface area contributed by atoms with Crippen LogP contribution in [0.3, 0.4) is 0 Å². The van der Waals surface area contributed by atoms with Crippen LogP contribution in [-0.4, -0.2) is 38.1 Å². The highest BCUT2D eigenvalue weighted by molar-refractivity contribution is 8.26. The summed E-state index contributed by atoms with van der Waals surface area (Å²) in [7, 11) is 1.59. The Kier molecular flexibility index (Phi) is 6.77. The number of carbonyl (C=O) groups is 1. The van der Waals surface area contributed by atoms with Crippen LogP contribution in [0.1, 0.15) is 37.7 Å². The van der Waals surface area contributed by atoms with E-state index >= 15 is 0 Å². The summed E-state index contributed by atoms with van der Waals surface area (Å²) in [4.78, 5) is 15.8. The Bertz CT molecular complexity index is 1270. The normalized spacial score (nSPS) is 18.2. The molecule has 2 aliphatic rings. The van der Waals surface area contributed by atoms with Gasteiger partial charge in [-0.15, -0.1) is 0 Å². The van der Waals surface area contributed by atoms with Gasteiger partial charge in [-0.25, -0.2) is 4.68 Å². The third kappa shape index (κ3) is 4.52. The van der Waals surface area contributed by atoms with Crippen LogP contribution in [0.5, 0.6) is 5.75 Å². The smallest absolute Gasteiger partial charge is 0.266 e. The van der Waals surface area contributed by atoms with Crippen LogP contribution in [0.4, 0.5) is 0 Å². The van der Waals surface area contributed by atoms with Gasteiger partial charge in [-0.3, -0.25) is 9.69 Å². The van der Waals surface area contributed by atoms with Gasteiger partial charge >= 0.3 is 0 Å². The monoisotopic (exact) mass is 509 g/mol. The topological polar surface area (TPSA) is 47.4 Å². The molecule has 8 heteroatoms. The van der Waals surface area contributed by atoms with Crippen molar-refractivity contribution in [3.63, 3.8) is 0 Å². The van der Waals surface area contributed by atoms with E-state index in [1.165, 1.54) is 18.2 Å². The maximum atomic E-state index is 13.4. The fraction of sp³-hybridized carbons (Fsp3) is 0.269. The summed E-state index contributed by atoms with van der Waals surface area (Å²) in [5.41, 5.74) is 3.33. The molecule has 1 saturated carbocycles. The van der Waals surface area contributed by atoms with Crippen molar-refractivity contribution in [2.24, 2.45) is 0 Å². The van der Waals surface area contributed by atoms with Crippen LogP contribution in [0.25, 0.3) is 23.0 Å². The summed E-state index contributed by atoms with van der Waals surface area (Å²) in [6.07, 6.45) is 9.40. The lowest BCUT2D eigenvalue weighted by atomic mass is 9.94. The number of rotatable bonds is 5. The summed E-state index contributed by atoms with van der Waals surface area (Å²) >= 11 is 13.4. The molecule has 0 unspecified atom stereocenters. The highest BCUT2D eigenvalue weighted by Gasteiger charge is 2.37. The fourth-order valence-corrected chi connectivity index (χ4v) is 6.17. The van der Waals surface area contributed by atoms with Crippen molar-refractivity contribution in [1.29, 1.82) is 0 Å². The SMILES string of the molecule is COc1ccc(-c2nn(-c3ccccc3)cc2C=C2SC(=S)N(C3CCCCC3)C2=O)cc1Cl. The standard InChI is InChI=1S/C26H24ClN3O2S2/c1-32-22-13-12-17(14-21(22)27)24-18(16-29(28-24)19-8-4-2-5-9-19)15-23-25(31)30(26(33)34-23)20-10-6-3-7-11-20/h2,4-5,8-9,12-16,20H,3,6-7,10-11H2,1H3. The lowest BCUT2D eigenvalue weighted by molar-refractivity contribution is -0.124. The Morgan fingerprint density at radius 3 is 2.62 bits per heavy atom. The number of carbonyl (C=O) groups excluding carboxylic acids is 1. The second kappa shape index (κ2) is 9.94. The molecular formula is C26H24ClN3O2S2. The van der Waals surface area contributed by atoms with Crippen molar-refractivity contribution in [3.8, 4) is 22.7 Å². The molecule has 34 heavy (non-hydrogen) atoms. The van der Waals surface area contributed by atoms with Crippen molar-refractivity contribution in [2.45, 2.75) is 38.1 Å². The third-order valence-corrected chi connectivity index (χ3v) is 7.86. The molecule has 0 bridgehead atoms. The number of hydrogen-bond acceptors (Lipinski definition) is 5. The van der Waals surface area contributed by atoms with Crippen LogP contribution in [-0.2, 0) is 4.79 Å². The van der Waals surface area contributed by atoms with E-state index in [4.69, 9.17) is 33.7 Å². The summed E-state index contributed by atoms with van der Waals surface area (Å²) in [5, 5.41) is 5.35. The predicted molar refractivity (Wildman–Crippen MR) is 142 cm³/mol. The molecule has 2 fully saturated rings. The molecular weight excluding hydrogens is 486 g/mol. The molecule has 3 aromatic rings. The molecule has 1 aliphatic carbocycles. The van der Waals surface area contributed by atoms with Crippen LogP contribution >= 0.6 is 35.6 Å². The first-order valence-corrected chi connectivity index (χ1v) is 12.9. The lowest BCUT2D eigenvalue weighted by Gasteiger charge is -2.29. The summed E-state index contributed by atoms with van der Waals surface area (Å²) in [5.74, 6) is 0.593. The molecule has 0 atom stereocenters. The quantitative estimate of drug-likeness (QED) is 0.281. The van der Waals surface area contributed by atoms with Gasteiger partial charge in [-0.2, -0.15) is 5.10 Å². The van der Waals surface area contributed by atoms with Crippen LogP contribution in [0.15, 0.2) is 59.6 Å². The molecule has 2 aromatic carbocycles.